The first kappa shape index (κ1) is 73.9. The van der Waals surface area contributed by atoms with Gasteiger partial charge in [-0.15, -0.1) is 0 Å². The minimum absolute atomic E-state index is 0.518. The summed E-state index contributed by atoms with van der Waals surface area (Å²) in [5, 5.41) is 9.27. The smallest absolute Gasteiger partial charge is 0.136 e. The summed E-state index contributed by atoms with van der Waals surface area (Å²) >= 11 is 0. The molecule has 4 aromatic heterocycles. The van der Waals surface area contributed by atoms with Gasteiger partial charge in [0.25, 0.3) is 0 Å². The van der Waals surface area contributed by atoms with Crippen molar-refractivity contribution in [3.8, 4) is 61.3 Å². The third kappa shape index (κ3) is 11.7. The van der Waals surface area contributed by atoms with E-state index in [0.29, 0.717) is 0 Å². The summed E-state index contributed by atoms with van der Waals surface area (Å²) in [6.45, 7) is 0. The van der Waals surface area contributed by atoms with Crippen molar-refractivity contribution >= 4 is 122 Å². The first-order chi connectivity index (χ1) is 63.5. The number of hydrogen-bond acceptors (Lipinski definition) is 5. The summed E-state index contributed by atoms with van der Waals surface area (Å²) in [5.41, 5.74) is 36.1. The molecule has 0 bridgehead atoms. The summed E-state index contributed by atoms with van der Waals surface area (Å²) in [4.78, 5) is 4.90. The normalized spacial score (nSPS) is 12.8. The minimum atomic E-state index is -0.528. The highest BCUT2D eigenvalue weighted by Crippen LogP contribution is 2.62. The molecule has 2 aliphatic rings. The summed E-state index contributed by atoms with van der Waals surface area (Å²) < 4.78 is 21.3. The van der Waals surface area contributed by atoms with Gasteiger partial charge in [-0.25, -0.2) is 0 Å². The van der Waals surface area contributed by atoms with Gasteiger partial charge in [-0.3, -0.25) is 0 Å². The van der Waals surface area contributed by atoms with Gasteiger partial charge in [0, 0.05) is 82.7 Å². The van der Waals surface area contributed by atoms with E-state index in [-0.39, 0.29) is 0 Å². The Bertz CT molecular complexity index is 8300. The molecule has 0 unspecified atom stereocenters. The number of nitrogens with zero attached hydrogens (tertiary/aromatic N) is 3. The zero-order valence-corrected chi connectivity index (χ0v) is 69.7. The second-order valence-corrected chi connectivity index (χ2v) is 33.6. The third-order valence-corrected chi connectivity index (χ3v) is 26.8. The van der Waals surface area contributed by atoms with Crippen molar-refractivity contribution in [3.05, 3.63) is 524 Å². The third-order valence-electron chi connectivity index (χ3n) is 26.8. The van der Waals surface area contributed by atoms with E-state index in [9.17, 15) is 0 Å². The topological polar surface area (TPSA) is 50.8 Å². The Hall–Kier alpha value is -16.8. The van der Waals surface area contributed by atoms with Crippen LogP contribution < -0.4 is 9.80 Å². The maximum atomic E-state index is 6.32. The first-order valence-electron chi connectivity index (χ1n) is 43.9. The highest BCUT2D eigenvalue weighted by Gasteiger charge is 2.49. The van der Waals surface area contributed by atoms with E-state index in [1.165, 1.54) is 88.6 Å². The molecule has 0 aliphatic heterocycles. The van der Waals surface area contributed by atoms with E-state index in [4.69, 9.17) is 13.3 Å². The van der Waals surface area contributed by atoms with Crippen LogP contribution in [0.5, 0.6) is 0 Å². The molecule has 0 spiro atoms. The predicted octanol–water partition coefficient (Wildman–Crippen LogP) is 32.8. The van der Waals surface area contributed by atoms with E-state index in [1.54, 1.807) is 0 Å². The maximum absolute atomic E-state index is 6.32. The van der Waals surface area contributed by atoms with Gasteiger partial charge >= 0.3 is 0 Å². The van der Waals surface area contributed by atoms with Crippen LogP contribution in [0.1, 0.15) is 44.5 Å². The molecule has 0 amide bonds. The zero-order valence-electron chi connectivity index (χ0n) is 69.7. The van der Waals surface area contributed by atoms with Crippen molar-refractivity contribution in [2.75, 3.05) is 9.80 Å². The van der Waals surface area contributed by atoms with Crippen molar-refractivity contribution in [1.29, 1.82) is 0 Å². The summed E-state index contributed by atoms with van der Waals surface area (Å²) in [5.74, 6) is 0. The molecule has 24 aromatic rings. The molecule has 26 rings (SSSR count). The molecule has 2 aliphatic carbocycles. The number of furan rings is 3. The quantitative estimate of drug-likeness (QED) is 0.109. The second kappa shape index (κ2) is 30.0. The largest absolute Gasteiger partial charge is 0.456 e. The average molecular weight is 1630 g/mol. The first-order valence-corrected chi connectivity index (χ1v) is 43.9. The lowest BCUT2D eigenvalue weighted by atomic mass is 9.68. The van der Waals surface area contributed by atoms with E-state index in [0.717, 1.165) is 139 Å². The van der Waals surface area contributed by atoms with Crippen molar-refractivity contribution in [3.63, 3.8) is 0 Å². The number of hydrogen-bond donors (Lipinski definition) is 0. The Morgan fingerprint density at radius 3 is 0.969 bits per heavy atom. The fourth-order valence-corrected chi connectivity index (χ4v) is 21.3. The van der Waals surface area contributed by atoms with Gasteiger partial charge in [-0.1, -0.05) is 340 Å². The van der Waals surface area contributed by atoms with Gasteiger partial charge in [0.05, 0.1) is 33.2 Å². The second-order valence-electron chi connectivity index (χ2n) is 33.6. The van der Waals surface area contributed by atoms with Crippen LogP contribution in [0.3, 0.4) is 0 Å². The highest BCUT2D eigenvalue weighted by molar-refractivity contribution is 6.11. The van der Waals surface area contributed by atoms with Gasteiger partial charge < -0.3 is 27.6 Å². The molecule has 0 radical (unpaired) electrons. The fourth-order valence-electron chi connectivity index (χ4n) is 21.3. The lowest BCUT2D eigenvalue weighted by molar-refractivity contribution is 0.668. The van der Waals surface area contributed by atoms with Crippen LogP contribution in [0.4, 0.5) is 34.1 Å². The van der Waals surface area contributed by atoms with Crippen LogP contribution in [-0.4, -0.2) is 4.57 Å². The minimum Gasteiger partial charge on any atom is -0.456 e. The van der Waals surface area contributed by atoms with Crippen LogP contribution in [0, 0.1) is 0 Å². The lowest BCUT2D eigenvalue weighted by Crippen LogP contribution is -2.28. The Kier molecular flexibility index (Phi) is 17.3. The van der Waals surface area contributed by atoms with Crippen molar-refractivity contribution in [2.24, 2.45) is 0 Å². The van der Waals surface area contributed by atoms with Crippen LogP contribution in [-0.2, 0) is 10.8 Å². The molecule has 4 heterocycles. The summed E-state index contributed by atoms with van der Waals surface area (Å²) in [6.07, 6.45) is 0. The van der Waals surface area contributed by atoms with Gasteiger partial charge in [-0.2, -0.15) is 0 Å². The Labute approximate surface area is 740 Å². The molecule has 0 atom stereocenters. The van der Waals surface area contributed by atoms with Crippen LogP contribution in [0.25, 0.3) is 149 Å². The van der Waals surface area contributed by atoms with Crippen molar-refractivity contribution in [1.82, 2.24) is 4.57 Å². The predicted molar refractivity (Wildman–Crippen MR) is 529 cm³/mol. The number of rotatable bonds is 14. The number of anilines is 6. The zero-order chi connectivity index (χ0) is 84.4. The molecule has 6 nitrogen and oxygen atoms in total. The van der Waals surface area contributed by atoms with E-state index < -0.39 is 10.8 Å². The van der Waals surface area contributed by atoms with E-state index in [2.05, 4.69) is 457 Å². The average Bonchev–Trinajstić information content (AvgIpc) is 1.53. The SMILES string of the molecule is c1ccc(C2(c3ccccc3)c3ccccc3-c3c(N(c4ccc(-c5ccc6c(c5)oc5ccccc56)cc4)c4ccc(-n5c6ccccc6c6ccccc65)cc4)cccc32)cc1.c1ccc(C2(c3ccccc3)c3ccccc3-c3c(N(c4ccc(-c5ccc6c(c5)oc5ccccc56)cc4)c4cccc(-c5ccc6oc7ccccc7c6c5)c4)cccc32)cc1. The molecule has 0 saturated carbocycles. The van der Waals surface area contributed by atoms with Gasteiger partial charge in [0.15, 0.2) is 0 Å². The standard InChI is InChI=1S/C61H40N2O.C61H39NO2/c1-3-16-43(17-4-1)61(44-18-5-2-6-19-44)53-24-11-7-23-52(53)60-54(61)25-15-28-57(60)62(45-33-30-41(31-34-45)42-32-39-51-50-22-10-14-29-58(50)64-59(51)40-42)46-35-37-47(38-36-46)63-55-26-12-8-20-48(55)49-21-9-13-27-56(49)63;1-3-16-44(17-4-1)61(45-18-5-2-6-19-45)53-24-10-7-23-51(53)60-54(61)25-14-26-55(60)62(46-33-29-40(30-34-46)43-31-35-50-48-21-8-11-27-56(48)64-59(50)39-43)47-20-13-15-41(37-47)42-32-36-58-52(38-42)49-22-9-12-28-57(49)63-58/h1-40H;1-39H. The number of fused-ring (bicyclic) bond motifs is 18. The monoisotopic (exact) mass is 1630 g/mol. The van der Waals surface area contributed by atoms with E-state index in [1.807, 2.05) is 36.4 Å². The summed E-state index contributed by atoms with van der Waals surface area (Å²) in [7, 11) is 0. The van der Waals surface area contributed by atoms with Crippen LogP contribution in [0.15, 0.2) is 492 Å². The molecular weight excluding hydrogens is 1560 g/mol. The van der Waals surface area contributed by atoms with Crippen molar-refractivity contribution in [2.45, 2.75) is 10.8 Å². The number of aromatic nitrogens is 1. The molecule has 0 N–H and O–H groups in total. The summed E-state index contributed by atoms with van der Waals surface area (Å²) in [6, 6.07) is 174. The Balaban J connectivity index is 0.000000139. The van der Waals surface area contributed by atoms with Gasteiger partial charge in [0.1, 0.15) is 33.5 Å². The molecule has 128 heavy (non-hydrogen) atoms. The molecule has 6 heteroatoms. The van der Waals surface area contributed by atoms with Gasteiger partial charge in [0.2, 0.25) is 0 Å². The number of benzene rings is 20. The maximum Gasteiger partial charge on any atom is 0.136 e. The molecule has 0 saturated heterocycles. The molecule has 600 valence electrons. The molecule has 20 aromatic carbocycles. The molecular formula is C122H79N3O3. The van der Waals surface area contributed by atoms with Crippen molar-refractivity contribution < 1.29 is 13.3 Å². The van der Waals surface area contributed by atoms with Crippen LogP contribution in [0.2, 0.25) is 0 Å². The number of para-hydroxylation sites is 5. The lowest BCUT2D eigenvalue weighted by Gasteiger charge is -2.34. The Morgan fingerprint density at radius 2 is 0.508 bits per heavy atom. The highest BCUT2D eigenvalue weighted by atomic mass is 16.3. The van der Waals surface area contributed by atoms with E-state index >= 15 is 0 Å². The Morgan fingerprint density at radius 1 is 0.188 bits per heavy atom. The van der Waals surface area contributed by atoms with Crippen LogP contribution >= 0.6 is 0 Å². The fraction of sp³-hybridized carbons (Fsp3) is 0.0164. The molecule has 0 fully saturated rings. The van der Waals surface area contributed by atoms with Gasteiger partial charge in [-0.05, 0) is 229 Å².